The quantitative estimate of drug-likeness (QED) is 0.813. The van der Waals surface area contributed by atoms with Gasteiger partial charge in [-0.2, -0.15) is 0 Å². The molecule has 0 radical (unpaired) electrons. The van der Waals surface area contributed by atoms with Crippen molar-refractivity contribution in [3.05, 3.63) is 46.9 Å². The van der Waals surface area contributed by atoms with Crippen LogP contribution >= 0.6 is 11.6 Å². The van der Waals surface area contributed by atoms with Gasteiger partial charge in [0, 0.05) is 25.0 Å². The smallest absolute Gasteiger partial charge is 0.257 e. The molecule has 1 fully saturated rings. The zero-order valence-electron chi connectivity index (χ0n) is 16.0. The van der Waals surface area contributed by atoms with Gasteiger partial charge in [-0.3, -0.25) is 9.78 Å². The van der Waals surface area contributed by atoms with Crippen molar-refractivity contribution >= 4 is 29.0 Å². The van der Waals surface area contributed by atoms with E-state index < -0.39 is 5.72 Å². The van der Waals surface area contributed by atoms with Gasteiger partial charge in [-0.15, -0.1) is 0 Å². The summed E-state index contributed by atoms with van der Waals surface area (Å²) >= 11 is 6.38. The number of nitrogens with one attached hydrogen (secondary N) is 1. The van der Waals surface area contributed by atoms with Crippen LogP contribution in [0.3, 0.4) is 0 Å². The fourth-order valence-electron chi connectivity index (χ4n) is 3.35. The van der Waals surface area contributed by atoms with Crippen molar-refractivity contribution in [1.82, 2.24) is 14.9 Å². The minimum Gasteiger partial charge on any atom is -0.356 e. The molecule has 7 heteroatoms. The van der Waals surface area contributed by atoms with Crippen molar-refractivity contribution < 1.29 is 9.53 Å². The molecule has 1 saturated heterocycles. The van der Waals surface area contributed by atoms with Crippen molar-refractivity contribution in [1.29, 1.82) is 0 Å². The first kappa shape index (κ1) is 19.6. The average Bonchev–Trinajstić information content (AvgIpc) is 2.65. The highest BCUT2D eigenvalue weighted by molar-refractivity contribution is 6.33. The van der Waals surface area contributed by atoms with Gasteiger partial charge in [0.05, 0.1) is 22.5 Å². The summed E-state index contributed by atoms with van der Waals surface area (Å²) in [6.45, 7) is 7.07. The third-order valence-electron chi connectivity index (χ3n) is 4.81. The number of halogens is 1. The monoisotopic (exact) mass is 388 g/mol. The zero-order valence-corrected chi connectivity index (χ0v) is 16.7. The Bertz CT molecular complexity index is 808. The molecule has 1 atom stereocenters. The first-order chi connectivity index (χ1) is 12.9. The number of aromatic nitrogens is 2. The molecule has 0 bridgehead atoms. The number of likely N-dealkylation sites (tertiary alicyclic amines) is 1. The van der Waals surface area contributed by atoms with Crippen molar-refractivity contribution in [2.75, 3.05) is 18.5 Å². The molecule has 2 aromatic rings. The van der Waals surface area contributed by atoms with Gasteiger partial charge in [0.25, 0.3) is 5.91 Å². The number of anilines is 2. The number of hydrogen-bond donors (Lipinski definition) is 1. The highest BCUT2D eigenvalue weighted by Gasteiger charge is 2.38. The lowest BCUT2D eigenvalue weighted by Crippen LogP contribution is -2.54. The van der Waals surface area contributed by atoms with Crippen LogP contribution in [0.25, 0.3) is 0 Å². The molecule has 144 valence electrons. The zero-order chi connectivity index (χ0) is 19.4. The number of rotatable bonds is 5. The number of carbonyl (C=O) groups is 1. The van der Waals surface area contributed by atoms with E-state index in [0.717, 1.165) is 30.6 Å². The first-order valence-corrected chi connectivity index (χ1v) is 9.62. The largest absolute Gasteiger partial charge is 0.356 e. The van der Waals surface area contributed by atoms with Crippen molar-refractivity contribution in [3.8, 4) is 0 Å². The number of hydrogen-bond acceptors (Lipinski definition) is 5. The Balaban J connectivity index is 1.79. The van der Waals surface area contributed by atoms with Gasteiger partial charge in [-0.05, 0) is 58.2 Å². The standard InChI is InChI=1S/C20H25ClN4O2/c1-4-27-20(3)9-5-6-10-25(20)19(26)15-11-17(21)18(23-12-15)24-16-8-7-14(2)22-13-16/h7-8,11-13H,4-6,9-10H2,1-3H3,(H,23,24). The van der Waals surface area contributed by atoms with E-state index in [0.29, 0.717) is 29.6 Å². The van der Waals surface area contributed by atoms with Crippen molar-refractivity contribution in [2.24, 2.45) is 0 Å². The maximum atomic E-state index is 13.1. The summed E-state index contributed by atoms with van der Waals surface area (Å²) in [6.07, 6.45) is 6.11. The minimum atomic E-state index is -0.582. The van der Waals surface area contributed by atoms with Gasteiger partial charge in [0.2, 0.25) is 0 Å². The SMILES string of the molecule is CCOC1(C)CCCCN1C(=O)c1cnc(Nc2ccc(C)nc2)c(Cl)c1. The molecule has 6 nitrogen and oxygen atoms in total. The van der Waals surface area contributed by atoms with Crippen LogP contribution in [0.5, 0.6) is 0 Å². The number of aryl methyl sites for hydroxylation is 1. The molecule has 1 unspecified atom stereocenters. The molecule has 1 amide bonds. The Labute approximate surface area is 164 Å². The number of carbonyl (C=O) groups excluding carboxylic acids is 1. The fourth-order valence-corrected chi connectivity index (χ4v) is 3.57. The summed E-state index contributed by atoms with van der Waals surface area (Å²) in [5.74, 6) is 0.383. The van der Waals surface area contributed by atoms with E-state index in [1.807, 2.05) is 32.9 Å². The molecule has 0 spiro atoms. The number of amides is 1. The van der Waals surface area contributed by atoms with Gasteiger partial charge in [-0.1, -0.05) is 11.6 Å². The number of pyridine rings is 2. The lowest BCUT2D eigenvalue weighted by atomic mass is 9.98. The third kappa shape index (κ3) is 4.39. The number of nitrogens with zero attached hydrogens (tertiary/aromatic N) is 3. The molecule has 3 rings (SSSR count). The predicted octanol–water partition coefficient (Wildman–Crippen LogP) is 4.56. The molecule has 0 aliphatic carbocycles. The number of ether oxygens (including phenoxy) is 1. The molecule has 0 saturated carbocycles. The Morgan fingerprint density at radius 3 is 2.81 bits per heavy atom. The molecular formula is C20H25ClN4O2. The van der Waals surface area contributed by atoms with Gasteiger partial charge in [0.1, 0.15) is 11.5 Å². The summed E-state index contributed by atoms with van der Waals surface area (Å²) in [4.78, 5) is 23.4. The minimum absolute atomic E-state index is 0.108. The fraction of sp³-hybridized carbons (Fsp3) is 0.450. The van der Waals surface area contributed by atoms with Crippen molar-refractivity contribution in [3.63, 3.8) is 0 Å². The highest BCUT2D eigenvalue weighted by atomic mass is 35.5. The van der Waals surface area contributed by atoms with Crippen LogP contribution in [0.1, 0.15) is 49.2 Å². The maximum Gasteiger partial charge on any atom is 0.257 e. The summed E-state index contributed by atoms with van der Waals surface area (Å²) in [5, 5.41) is 3.51. The second kappa shape index (κ2) is 8.23. The van der Waals surface area contributed by atoms with E-state index in [9.17, 15) is 4.79 Å². The summed E-state index contributed by atoms with van der Waals surface area (Å²) < 4.78 is 5.90. The van der Waals surface area contributed by atoms with Gasteiger partial charge in [-0.25, -0.2) is 4.98 Å². The third-order valence-corrected chi connectivity index (χ3v) is 5.09. The van der Waals surface area contributed by atoms with E-state index in [1.54, 1.807) is 23.4 Å². The van der Waals surface area contributed by atoms with E-state index in [4.69, 9.17) is 16.3 Å². The van der Waals surface area contributed by atoms with E-state index >= 15 is 0 Å². The molecule has 1 aliphatic heterocycles. The normalized spacial score (nSPS) is 19.8. The molecule has 1 aliphatic rings. The lowest BCUT2D eigenvalue weighted by molar-refractivity contribution is -0.139. The molecule has 1 N–H and O–H groups in total. The van der Waals surface area contributed by atoms with E-state index in [-0.39, 0.29) is 5.91 Å². The maximum absolute atomic E-state index is 13.1. The predicted molar refractivity (Wildman–Crippen MR) is 106 cm³/mol. The lowest BCUT2D eigenvalue weighted by Gasteiger charge is -2.44. The van der Waals surface area contributed by atoms with Crippen LogP contribution in [0.4, 0.5) is 11.5 Å². The Morgan fingerprint density at radius 1 is 1.33 bits per heavy atom. The highest BCUT2D eigenvalue weighted by Crippen LogP contribution is 2.31. The summed E-state index contributed by atoms with van der Waals surface area (Å²) in [6, 6.07) is 5.46. The second-order valence-electron chi connectivity index (χ2n) is 6.89. The van der Waals surface area contributed by atoms with Gasteiger partial charge < -0.3 is 15.0 Å². The van der Waals surface area contributed by atoms with E-state index in [2.05, 4.69) is 15.3 Å². The molecule has 2 aromatic heterocycles. The van der Waals surface area contributed by atoms with Crippen molar-refractivity contribution in [2.45, 2.75) is 45.8 Å². The Hall–Kier alpha value is -2.18. The Kier molecular flexibility index (Phi) is 5.97. The molecule has 27 heavy (non-hydrogen) atoms. The first-order valence-electron chi connectivity index (χ1n) is 9.24. The second-order valence-corrected chi connectivity index (χ2v) is 7.30. The van der Waals surface area contributed by atoms with E-state index in [1.165, 1.54) is 0 Å². The van der Waals surface area contributed by atoms with Gasteiger partial charge >= 0.3 is 0 Å². The molecule has 0 aromatic carbocycles. The van der Waals surface area contributed by atoms with Crippen LogP contribution in [0.2, 0.25) is 5.02 Å². The van der Waals surface area contributed by atoms with Crippen LogP contribution in [-0.4, -0.2) is 39.7 Å². The summed E-state index contributed by atoms with van der Waals surface area (Å²) in [5.41, 5.74) is 1.59. The van der Waals surface area contributed by atoms with Crippen LogP contribution in [0.15, 0.2) is 30.6 Å². The van der Waals surface area contributed by atoms with Crippen LogP contribution < -0.4 is 5.32 Å². The van der Waals surface area contributed by atoms with Crippen LogP contribution in [0, 0.1) is 6.92 Å². The van der Waals surface area contributed by atoms with Crippen LogP contribution in [-0.2, 0) is 4.74 Å². The molecular weight excluding hydrogens is 364 g/mol. The topological polar surface area (TPSA) is 67.3 Å². The molecule has 3 heterocycles. The summed E-state index contributed by atoms with van der Waals surface area (Å²) in [7, 11) is 0. The van der Waals surface area contributed by atoms with Gasteiger partial charge in [0.15, 0.2) is 0 Å². The average molecular weight is 389 g/mol. The number of piperidine rings is 1. The Morgan fingerprint density at radius 2 is 2.15 bits per heavy atom.